The summed E-state index contributed by atoms with van der Waals surface area (Å²) < 4.78 is 36.9. The molecule has 0 saturated heterocycles. The quantitative estimate of drug-likeness (QED) is 0.688. The standard InChI is InChI=1S/C19H22N2O5S2/c1-27-16-7-5-6-14(10-16)21(28(2,23)24)12-19(22)20-11-15-13-25-17-8-3-4-9-18(17)26-15/h3-10,15H,11-13H2,1-2H3,(H,20,22)/t15-/m1/s1. The van der Waals surface area contributed by atoms with Crippen LogP contribution in [-0.4, -0.2) is 52.6 Å². The zero-order valence-corrected chi connectivity index (χ0v) is 17.3. The van der Waals surface area contributed by atoms with Crippen molar-refractivity contribution in [2.24, 2.45) is 0 Å². The van der Waals surface area contributed by atoms with Crippen molar-refractivity contribution in [2.45, 2.75) is 11.0 Å². The van der Waals surface area contributed by atoms with Gasteiger partial charge in [-0.25, -0.2) is 8.42 Å². The van der Waals surface area contributed by atoms with Gasteiger partial charge in [-0.2, -0.15) is 0 Å². The van der Waals surface area contributed by atoms with E-state index in [1.54, 1.807) is 24.3 Å². The zero-order valence-electron chi connectivity index (χ0n) is 15.6. The summed E-state index contributed by atoms with van der Waals surface area (Å²) in [6, 6.07) is 14.4. The predicted molar refractivity (Wildman–Crippen MR) is 110 cm³/mol. The third-order valence-corrected chi connectivity index (χ3v) is 5.99. The molecule has 9 heteroatoms. The topological polar surface area (TPSA) is 84.9 Å². The molecule has 28 heavy (non-hydrogen) atoms. The molecule has 0 bridgehead atoms. The monoisotopic (exact) mass is 422 g/mol. The Bertz CT molecular complexity index is 949. The molecule has 1 amide bonds. The number of rotatable bonds is 7. The molecule has 3 rings (SSSR count). The predicted octanol–water partition coefficient (Wildman–Crippen LogP) is 2.13. The van der Waals surface area contributed by atoms with Gasteiger partial charge in [0.2, 0.25) is 15.9 Å². The summed E-state index contributed by atoms with van der Waals surface area (Å²) in [5.74, 6) is 0.879. The fraction of sp³-hybridized carbons (Fsp3) is 0.316. The maximum Gasteiger partial charge on any atom is 0.240 e. The van der Waals surface area contributed by atoms with Crippen LogP contribution in [0.4, 0.5) is 5.69 Å². The number of hydrogen-bond donors (Lipinski definition) is 1. The maximum absolute atomic E-state index is 12.4. The number of anilines is 1. The van der Waals surface area contributed by atoms with Gasteiger partial charge in [0.1, 0.15) is 19.3 Å². The Labute approximate surface area is 169 Å². The summed E-state index contributed by atoms with van der Waals surface area (Å²) in [6.45, 7) is 0.222. The number of hydrogen-bond acceptors (Lipinski definition) is 6. The highest BCUT2D eigenvalue weighted by molar-refractivity contribution is 7.98. The van der Waals surface area contributed by atoms with Gasteiger partial charge in [-0.05, 0) is 36.6 Å². The third-order valence-electron chi connectivity index (χ3n) is 4.12. The largest absolute Gasteiger partial charge is 0.486 e. The number of carbonyl (C=O) groups is 1. The molecule has 0 fully saturated rings. The molecule has 0 radical (unpaired) electrons. The van der Waals surface area contributed by atoms with Gasteiger partial charge in [0.25, 0.3) is 0 Å². The lowest BCUT2D eigenvalue weighted by Gasteiger charge is -2.27. The fourth-order valence-corrected chi connectivity index (χ4v) is 4.04. The summed E-state index contributed by atoms with van der Waals surface area (Å²) >= 11 is 1.50. The van der Waals surface area contributed by atoms with Crippen LogP contribution >= 0.6 is 11.8 Å². The third kappa shape index (κ3) is 5.11. The normalized spacial score (nSPS) is 15.7. The van der Waals surface area contributed by atoms with Gasteiger partial charge in [0, 0.05) is 4.90 Å². The fourth-order valence-electron chi connectivity index (χ4n) is 2.74. The number of carbonyl (C=O) groups excluding carboxylic acids is 1. The molecule has 0 saturated carbocycles. The van der Waals surface area contributed by atoms with Gasteiger partial charge in [-0.15, -0.1) is 11.8 Å². The van der Waals surface area contributed by atoms with Crippen LogP contribution in [0.1, 0.15) is 0 Å². The van der Waals surface area contributed by atoms with Crippen molar-refractivity contribution in [3.63, 3.8) is 0 Å². The van der Waals surface area contributed by atoms with Crippen LogP contribution in [0.3, 0.4) is 0 Å². The Morgan fingerprint density at radius 2 is 1.96 bits per heavy atom. The molecule has 2 aromatic carbocycles. The van der Waals surface area contributed by atoms with Gasteiger partial charge in [-0.3, -0.25) is 9.10 Å². The van der Waals surface area contributed by atoms with E-state index in [0.717, 1.165) is 15.5 Å². The minimum absolute atomic E-state index is 0.218. The highest BCUT2D eigenvalue weighted by Crippen LogP contribution is 2.30. The number of para-hydroxylation sites is 2. The highest BCUT2D eigenvalue weighted by atomic mass is 32.2. The van der Waals surface area contributed by atoms with Crippen molar-refractivity contribution >= 4 is 33.4 Å². The first kappa shape index (κ1) is 20.3. The molecule has 1 aliphatic heterocycles. The van der Waals surface area contributed by atoms with Gasteiger partial charge in [-0.1, -0.05) is 18.2 Å². The van der Waals surface area contributed by atoms with Crippen molar-refractivity contribution in [2.75, 3.05) is 36.5 Å². The van der Waals surface area contributed by atoms with E-state index in [-0.39, 0.29) is 19.2 Å². The van der Waals surface area contributed by atoms with Crippen LogP contribution < -0.4 is 19.1 Å². The second-order valence-corrected chi connectivity index (χ2v) is 9.06. The maximum atomic E-state index is 12.4. The van der Waals surface area contributed by atoms with Crippen LogP contribution in [0.5, 0.6) is 11.5 Å². The molecule has 150 valence electrons. The molecule has 0 unspecified atom stereocenters. The van der Waals surface area contributed by atoms with Crippen molar-refractivity contribution in [3.05, 3.63) is 48.5 Å². The van der Waals surface area contributed by atoms with Crippen LogP contribution in [0.25, 0.3) is 0 Å². The minimum Gasteiger partial charge on any atom is -0.486 e. The zero-order chi connectivity index (χ0) is 20.1. The van der Waals surface area contributed by atoms with E-state index >= 15 is 0 Å². The second-order valence-electron chi connectivity index (χ2n) is 6.27. The number of sulfonamides is 1. The van der Waals surface area contributed by atoms with Gasteiger partial charge < -0.3 is 14.8 Å². The average Bonchev–Trinajstić information content (AvgIpc) is 2.69. The van der Waals surface area contributed by atoms with Crippen molar-refractivity contribution in [3.8, 4) is 11.5 Å². The first-order chi connectivity index (χ1) is 13.4. The van der Waals surface area contributed by atoms with Crippen LogP contribution in [-0.2, 0) is 14.8 Å². The molecule has 0 aromatic heterocycles. The molecular formula is C19H22N2O5S2. The number of nitrogens with one attached hydrogen (secondary N) is 1. The molecule has 1 aliphatic rings. The number of ether oxygens (including phenoxy) is 2. The Morgan fingerprint density at radius 3 is 2.68 bits per heavy atom. The summed E-state index contributed by atoms with van der Waals surface area (Å²) in [5.41, 5.74) is 0.454. The smallest absolute Gasteiger partial charge is 0.240 e. The van der Waals surface area contributed by atoms with E-state index in [4.69, 9.17) is 9.47 Å². The molecule has 0 aliphatic carbocycles. The summed E-state index contributed by atoms with van der Waals surface area (Å²) in [7, 11) is -3.61. The van der Waals surface area contributed by atoms with E-state index in [0.29, 0.717) is 23.8 Å². The summed E-state index contributed by atoms with van der Waals surface area (Å²) in [5, 5.41) is 2.73. The van der Waals surface area contributed by atoms with E-state index in [1.165, 1.54) is 11.8 Å². The molecular weight excluding hydrogens is 400 g/mol. The lowest BCUT2D eigenvalue weighted by Crippen LogP contribution is -2.45. The Kier molecular flexibility index (Phi) is 6.35. The first-order valence-corrected chi connectivity index (χ1v) is 11.7. The molecule has 1 N–H and O–H groups in total. The van der Waals surface area contributed by atoms with Crippen LogP contribution in [0, 0.1) is 0 Å². The van der Waals surface area contributed by atoms with Gasteiger partial charge >= 0.3 is 0 Å². The highest BCUT2D eigenvalue weighted by Gasteiger charge is 2.24. The number of benzene rings is 2. The molecule has 2 aromatic rings. The molecule has 1 heterocycles. The first-order valence-electron chi connectivity index (χ1n) is 8.64. The van der Waals surface area contributed by atoms with Gasteiger partial charge in [0.15, 0.2) is 11.5 Å². The van der Waals surface area contributed by atoms with Crippen molar-refractivity contribution in [1.29, 1.82) is 0 Å². The molecule has 0 spiro atoms. The van der Waals surface area contributed by atoms with Gasteiger partial charge in [0.05, 0.1) is 18.5 Å². The van der Waals surface area contributed by atoms with Crippen LogP contribution in [0.15, 0.2) is 53.4 Å². The molecule has 7 nitrogen and oxygen atoms in total. The number of thioether (sulfide) groups is 1. The SMILES string of the molecule is CSc1cccc(N(CC(=O)NC[C@@H]2COc3ccccc3O2)S(C)(=O)=O)c1. The molecule has 1 atom stereocenters. The number of nitrogens with zero attached hydrogens (tertiary/aromatic N) is 1. The lowest BCUT2D eigenvalue weighted by atomic mass is 10.2. The lowest BCUT2D eigenvalue weighted by molar-refractivity contribution is -0.120. The van der Waals surface area contributed by atoms with Crippen molar-refractivity contribution in [1.82, 2.24) is 5.32 Å². The number of fused-ring (bicyclic) bond motifs is 1. The van der Waals surface area contributed by atoms with Crippen LogP contribution in [0.2, 0.25) is 0 Å². The van der Waals surface area contributed by atoms with E-state index in [1.807, 2.05) is 30.5 Å². The Balaban J connectivity index is 1.62. The second kappa shape index (κ2) is 8.74. The van der Waals surface area contributed by atoms with Crippen molar-refractivity contribution < 1.29 is 22.7 Å². The summed E-state index contributed by atoms with van der Waals surface area (Å²) in [4.78, 5) is 13.3. The van der Waals surface area contributed by atoms with E-state index in [2.05, 4.69) is 5.32 Å². The Morgan fingerprint density at radius 1 is 1.21 bits per heavy atom. The average molecular weight is 423 g/mol. The summed E-state index contributed by atoms with van der Waals surface area (Å²) in [6.07, 6.45) is 2.65. The minimum atomic E-state index is -3.61. The van der Waals surface area contributed by atoms with E-state index < -0.39 is 15.9 Å². The van der Waals surface area contributed by atoms with E-state index in [9.17, 15) is 13.2 Å². The number of amides is 1. The Hall–Kier alpha value is -2.39.